The fourth-order valence-electron chi connectivity index (χ4n) is 11.1. The highest BCUT2D eigenvalue weighted by Crippen LogP contribution is 2.40. The van der Waals surface area contributed by atoms with E-state index in [9.17, 15) is 0 Å². The van der Waals surface area contributed by atoms with Crippen LogP contribution in [-0.4, -0.2) is 63.6 Å². The molecule has 71 heavy (non-hydrogen) atoms. The van der Waals surface area contributed by atoms with Gasteiger partial charge in [0.1, 0.15) is 0 Å². The summed E-state index contributed by atoms with van der Waals surface area (Å²) in [5, 5.41) is 19.3. The van der Waals surface area contributed by atoms with Crippen molar-refractivity contribution in [1.29, 1.82) is 5.26 Å². The van der Waals surface area contributed by atoms with Crippen molar-refractivity contribution in [3.05, 3.63) is 170 Å². The van der Waals surface area contributed by atoms with Gasteiger partial charge in [-0.3, -0.25) is 34.8 Å². The average Bonchev–Trinajstić information content (AvgIpc) is 4.00. The number of benzene rings is 4. The number of nitrogens with zero attached hydrogens (tertiary/aromatic N) is 10. The number of hydrogen-bond acceptors (Lipinski definition) is 10. The summed E-state index contributed by atoms with van der Waals surface area (Å²) in [5.41, 5.74) is 14.9. The van der Waals surface area contributed by atoms with Crippen LogP contribution in [0.25, 0.3) is 66.1 Å². The highest BCUT2D eigenvalue weighted by Gasteiger charge is 2.29. The van der Waals surface area contributed by atoms with E-state index in [-0.39, 0.29) is 12.1 Å². The number of aromatic nitrogens is 8. The van der Waals surface area contributed by atoms with Crippen LogP contribution in [0.5, 0.6) is 0 Å². The molecule has 0 radical (unpaired) electrons. The van der Waals surface area contributed by atoms with Crippen molar-refractivity contribution in [2.45, 2.75) is 57.0 Å². The Morgan fingerprint density at radius 2 is 1.06 bits per heavy atom. The number of fused-ring (bicyclic) bond motifs is 4. The van der Waals surface area contributed by atoms with Crippen molar-refractivity contribution in [1.82, 2.24) is 43.9 Å². The molecule has 2 aliphatic rings. The fraction of sp³-hybridized carbons (Fsp3) is 0.271. The Bertz CT molecular complexity index is 3470. The van der Waals surface area contributed by atoms with E-state index in [0.717, 1.165) is 81.6 Å². The fourth-order valence-corrected chi connectivity index (χ4v) is 11.1. The number of nitriles is 1. The van der Waals surface area contributed by atoms with Crippen LogP contribution < -0.4 is 10.6 Å². The molecule has 1 saturated carbocycles. The zero-order valence-corrected chi connectivity index (χ0v) is 40.4. The van der Waals surface area contributed by atoms with Gasteiger partial charge in [-0.15, -0.1) is 0 Å². The van der Waals surface area contributed by atoms with Gasteiger partial charge >= 0.3 is 0 Å². The van der Waals surface area contributed by atoms with Gasteiger partial charge in [-0.1, -0.05) is 55.7 Å². The Kier molecular flexibility index (Phi) is 13.1. The van der Waals surface area contributed by atoms with E-state index in [4.69, 9.17) is 15.2 Å². The molecule has 2 N–H and O–H groups in total. The minimum atomic E-state index is 0.107. The Balaban J connectivity index is 0.000000155. The van der Waals surface area contributed by atoms with E-state index in [0.29, 0.717) is 18.4 Å². The summed E-state index contributed by atoms with van der Waals surface area (Å²) >= 11 is 0. The summed E-state index contributed by atoms with van der Waals surface area (Å²) in [4.78, 5) is 29.8. The second-order valence-corrected chi connectivity index (χ2v) is 19.3. The molecule has 1 aliphatic heterocycles. The van der Waals surface area contributed by atoms with Crippen molar-refractivity contribution in [2.75, 3.05) is 30.3 Å². The molecule has 0 spiro atoms. The van der Waals surface area contributed by atoms with Gasteiger partial charge in [0, 0.05) is 110 Å². The Morgan fingerprint density at radius 3 is 1.54 bits per heavy atom. The van der Waals surface area contributed by atoms with Gasteiger partial charge in [-0.25, -0.2) is 0 Å². The minimum absolute atomic E-state index is 0.107. The summed E-state index contributed by atoms with van der Waals surface area (Å²) in [7, 11) is 4.16. The van der Waals surface area contributed by atoms with Crippen molar-refractivity contribution in [3.63, 3.8) is 0 Å². The first-order valence-electron chi connectivity index (χ1n) is 25.0. The second-order valence-electron chi connectivity index (χ2n) is 19.3. The number of hydrogen-bond donors (Lipinski definition) is 2. The lowest BCUT2D eigenvalue weighted by Crippen LogP contribution is -2.37. The largest absolute Gasteiger partial charge is 0.378 e. The van der Waals surface area contributed by atoms with E-state index in [1.54, 1.807) is 24.8 Å². The van der Waals surface area contributed by atoms with Crippen LogP contribution in [-0.2, 0) is 14.1 Å². The molecule has 2 unspecified atom stereocenters. The number of nitrogens with one attached hydrogen (secondary N) is 2. The average molecular weight is 935 g/mol. The summed E-state index contributed by atoms with van der Waals surface area (Å²) in [5.74, 6) is 1.03. The number of pyridine rings is 2. The molecule has 354 valence electrons. The maximum atomic E-state index is 9.11. The van der Waals surface area contributed by atoms with Crippen molar-refractivity contribution in [2.24, 2.45) is 25.9 Å². The zero-order chi connectivity index (χ0) is 48.1. The first-order valence-corrected chi connectivity index (χ1v) is 25.0. The lowest BCUT2D eigenvalue weighted by atomic mass is 9.81. The SMILES string of the molecule is Cn1ccc2ccc(-c3cc(NC(c4cccnc4)C4CCCCC4)cc4nccnc34)cc21.Cn1ccc2ccc(-c3cc(NC(c4cccnc4)C4CCN(CC#N)CC4)cc4nccnc34)cc21. The van der Waals surface area contributed by atoms with Gasteiger partial charge < -0.3 is 19.8 Å². The van der Waals surface area contributed by atoms with Crippen molar-refractivity contribution in [3.8, 4) is 28.3 Å². The summed E-state index contributed by atoms with van der Waals surface area (Å²) < 4.78 is 4.31. The topological polar surface area (TPSA) is 138 Å². The maximum absolute atomic E-state index is 9.11. The molecule has 12 heteroatoms. The highest BCUT2D eigenvalue weighted by molar-refractivity contribution is 5.98. The van der Waals surface area contributed by atoms with E-state index in [1.807, 2.05) is 36.9 Å². The summed E-state index contributed by atoms with van der Waals surface area (Å²) in [6.07, 6.45) is 27.4. The van der Waals surface area contributed by atoms with Crippen molar-refractivity contribution >= 4 is 55.2 Å². The molecule has 0 amide bonds. The van der Waals surface area contributed by atoms with Crippen LogP contribution in [0.1, 0.15) is 68.2 Å². The predicted molar refractivity (Wildman–Crippen MR) is 285 cm³/mol. The lowest BCUT2D eigenvalue weighted by molar-refractivity contribution is 0.189. The molecule has 1 aliphatic carbocycles. The third-order valence-electron chi connectivity index (χ3n) is 14.8. The molecule has 12 rings (SSSR count). The number of piperidine rings is 1. The monoisotopic (exact) mass is 934 g/mol. The molecule has 0 bridgehead atoms. The Morgan fingerprint density at radius 1 is 0.563 bits per heavy atom. The third kappa shape index (κ3) is 9.79. The van der Waals surface area contributed by atoms with E-state index in [2.05, 4.69) is 162 Å². The first-order chi connectivity index (χ1) is 35.0. The predicted octanol–water partition coefficient (Wildman–Crippen LogP) is 12.5. The number of aryl methyl sites for hydroxylation is 2. The molecule has 7 heterocycles. The molecule has 4 aromatic carbocycles. The van der Waals surface area contributed by atoms with Crippen LogP contribution in [0.3, 0.4) is 0 Å². The molecule has 10 aromatic rings. The van der Waals surface area contributed by atoms with Gasteiger partial charge in [0.05, 0.1) is 46.8 Å². The smallest absolute Gasteiger partial charge is 0.0966 e. The molecule has 6 aromatic heterocycles. The van der Waals surface area contributed by atoms with Gasteiger partial charge in [-0.2, -0.15) is 5.26 Å². The number of likely N-dealkylation sites (tertiary alicyclic amines) is 1. The molecule has 12 nitrogen and oxygen atoms in total. The van der Waals surface area contributed by atoms with E-state index in [1.165, 1.54) is 65.0 Å². The lowest BCUT2D eigenvalue weighted by Gasteiger charge is -2.36. The van der Waals surface area contributed by atoms with Gasteiger partial charge in [-0.05, 0) is 144 Å². The third-order valence-corrected chi connectivity index (χ3v) is 14.8. The number of rotatable bonds is 11. The van der Waals surface area contributed by atoms with Crippen LogP contribution in [0.15, 0.2) is 159 Å². The quantitative estimate of drug-likeness (QED) is 0.121. The highest BCUT2D eigenvalue weighted by atomic mass is 15.1. The van der Waals surface area contributed by atoms with E-state index >= 15 is 0 Å². The van der Waals surface area contributed by atoms with Gasteiger partial charge in [0.15, 0.2) is 0 Å². The van der Waals surface area contributed by atoms with Crippen LogP contribution >= 0.6 is 0 Å². The summed E-state index contributed by atoms with van der Waals surface area (Å²) in [6.45, 7) is 2.36. The summed E-state index contributed by atoms with van der Waals surface area (Å²) in [6, 6.07) is 37.2. The zero-order valence-electron chi connectivity index (χ0n) is 40.4. The Labute approximate surface area is 414 Å². The molecular weight excluding hydrogens is 877 g/mol. The minimum Gasteiger partial charge on any atom is -0.378 e. The normalized spacial score (nSPS) is 15.6. The first kappa shape index (κ1) is 45.4. The molecule has 2 fully saturated rings. The molecular formula is C59H58N12. The number of anilines is 2. The van der Waals surface area contributed by atoms with Gasteiger partial charge in [0.25, 0.3) is 0 Å². The van der Waals surface area contributed by atoms with Gasteiger partial charge in [0.2, 0.25) is 0 Å². The molecule has 2 atom stereocenters. The van der Waals surface area contributed by atoms with Crippen LogP contribution in [0, 0.1) is 23.2 Å². The molecule has 1 saturated heterocycles. The Hall–Kier alpha value is -8.01. The second kappa shape index (κ2) is 20.5. The van der Waals surface area contributed by atoms with Crippen LogP contribution in [0.4, 0.5) is 11.4 Å². The van der Waals surface area contributed by atoms with Crippen LogP contribution in [0.2, 0.25) is 0 Å². The van der Waals surface area contributed by atoms with Crippen molar-refractivity contribution < 1.29 is 0 Å². The maximum Gasteiger partial charge on any atom is 0.0966 e. The standard InChI is InChI=1S/C30H29N7.C29H29N5/c1-36-13-6-21-4-5-23(17-28(21)36)26-18-25(19-27-30(26)34-12-11-33-27)35-29(24-3-2-10-32-20-24)22-7-14-37(15-8-22)16-9-31;1-34-15-11-20-9-10-22(16-27(20)34)25-17-24(18-26-29(25)32-14-13-31-26)33-28(21-6-3-2-4-7-21)23-8-5-12-30-19-23/h2-6,10-13,17-20,22,29,35H,7-8,14-16H2,1H3;5,8-19,21,28,33H,2-4,6-7H2,1H3. The van der Waals surface area contributed by atoms with E-state index < -0.39 is 0 Å².